The van der Waals surface area contributed by atoms with Crippen molar-refractivity contribution in [3.8, 4) is 0 Å². The molecule has 2 saturated carbocycles. The highest BCUT2D eigenvalue weighted by molar-refractivity contribution is 5.95. The number of ketones is 1. The second-order valence-electron chi connectivity index (χ2n) is 10.8. The number of allylic oxidation sites excluding steroid dienone is 1. The van der Waals surface area contributed by atoms with Crippen LogP contribution in [0.1, 0.15) is 78.6 Å². The zero-order chi connectivity index (χ0) is 27.2. The van der Waals surface area contributed by atoms with Crippen molar-refractivity contribution in [3.63, 3.8) is 0 Å². The summed E-state index contributed by atoms with van der Waals surface area (Å²) in [5, 5.41) is 14.9. The molecule has 2 aliphatic carbocycles. The van der Waals surface area contributed by atoms with E-state index in [4.69, 9.17) is 4.74 Å². The quantitative estimate of drug-likeness (QED) is 0.237. The lowest BCUT2D eigenvalue weighted by Crippen LogP contribution is -2.54. The Morgan fingerprint density at radius 2 is 1.86 bits per heavy atom. The largest absolute Gasteiger partial charge is 0.479 e. The molecule has 0 spiro atoms. The molecule has 1 heterocycles. The number of rotatable bonds is 14. The number of carbonyl (C=O) groups excluding carboxylic acids is 4. The van der Waals surface area contributed by atoms with Gasteiger partial charge >= 0.3 is 12.1 Å². The Morgan fingerprint density at radius 1 is 1.14 bits per heavy atom. The van der Waals surface area contributed by atoms with E-state index >= 15 is 0 Å². The van der Waals surface area contributed by atoms with Crippen molar-refractivity contribution in [2.24, 2.45) is 17.8 Å². The van der Waals surface area contributed by atoms with Crippen molar-refractivity contribution < 1.29 is 33.8 Å². The summed E-state index contributed by atoms with van der Waals surface area (Å²) >= 11 is 0. The van der Waals surface area contributed by atoms with Gasteiger partial charge in [0, 0.05) is 18.4 Å². The zero-order valence-corrected chi connectivity index (χ0v) is 22.2. The SMILES string of the molecule is CCCCC/C=C\C1C[C@]1(NC(=O)[C@@H]1CCCN1C(=O)CNC(=O)O[C@H](C(=O)C1CC1)C(C)C)C(=O)O. The summed E-state index contributed by atoms with van der Waals surface area (Å²) in [6.45, 7) is 5.68. The number of ether oxygens (including phenoxy) is 1. The van der Waals surface area contributed by atoms with Gasteiger partial charge in [-0.25, -0.2) is 9.59 Å². The van der Waals surface area contributed by atoms with Crippen LogP contribution >= 0.6 is 0 Å². The highest BCUT2D eigenvalue weighted by atomic mass is 16.6. The number of alkyl carbamates (subject to hydrolysis) is 1. The number of likely N-dealkylation sites (tertiary alicyclic amines) is 1. The predicted octanol–water partition coefficient (Wildman–Crippen LogP) is 2.80. The van der Waals surface area contributed by atoms with Crippen molar-refractivity contribution >= 4 is 29.7 Å². The molecule has 0 aromatic carbocycles. The van der Waals surface area contributed by atoms with Crippen molar-refractivity contribution in [2.45, 2.75) is 96.2 Å². The summed E-state index contributed by atoms with van der Waals surface area (Å²) in [7, 11) is 0. The van der Waals surface area contributed by atoms with Gasteiger partial charge < -0.3 is 25.4 Å². The molecule has 4 atom stereocenters. The van der Waals surface area contributed by atoms with E-state index in [2.05, 4.69) is 17.6 Å². The summed E-state index contributed by atoms with van der Waals surface area (Å²) in [5.41, 5.74) is -1.34. The smallest absolute Gasteiger partial charge is 0.408 e. The van der Waals surface area contributed by atoms with Gasteiger partial charge in [0.1, 0.15) is 18.1 Å². The molecule has 3 amide bonds. The second kappa shape index (κ2) is 12.6. The minimum atomic E-state index is -1.34. The second-order valence-corrected chi connectivity index (χ2v) is 10.8. The third-order valence-corrected chi connectivity index (χ3v) is 7.44. The first-order valence-corrected chi connectivity index (χ1v) is 13.6. The number of aliphatic carboxylic acids is 1. The minimum absolute atomic E-state index is 0.0533. The standard InChI is InChI=1S/C27H41N3O7/c1-4-5-6-7-8-10-19-15-27(19,25(34)35)29-24(33)20-11-9-14-30(20)21(31)16-28-26(36)37-23(17(2)3)22(32)18-12-13-18/h8,10,17-20,23H,4-7,9,11-16H2,1-3H3,(H,28,36)(H,29,33)(H,34,35)/b10-8-/t19?,20-,23-,27+/m0/s1. The number of Topliss-reactive ketones (excluding diaryl/α,β-unsaturated/α-hetero) is 1. The molecular weight excluding hydrogens is 478 g/mol. The first kappa shape index (κ1) is 28.7. The fraction of sp³-hybridized carbons (Fsp3) is 0.741. The number of unbranched alkanes of at least 4 members (excludes halogenated alkanes) is 3. The average molecular weight is 520 g/mol. The van der Waals surface area contributed by atoms with Crippen molar-refractivity contribution in [3.05, 3.63) is 12.2 Å². The van der Waals surface area contributed by atoms with Crippen molar-refractivity contribution in [2.75, 3.05) is 13.1 Å². The van der Waals surface area contributed by atoms with Crippen LogP contribution < -0.4 is 10.6 Å². The summed E-state index contributed by atoms with van der Waals surface area (Å²) in [6.07, 6.45) is 9.25. The topological polar surface area (TPSA) is 142 Å². The van der Waals surface area contributed by atoms with Crippen LogP contribution in [0.2, 0.25) is 0 Å². The third kappa shape index (κ3) is 7.32. The lowest BCUT2D eigenvalue weighted by atomic mass is 10.0. The fourth-order valence-electron chi connectivity index (χ4n) is 4.91. The van der Waals surface area contributed by atoms with Crippen LogP contribution in [0.3, 0.4) is 0 Å². The maximum absolute atomic E-state index is 13.0. The van der Waals surface area contributed by atoms with Crippen molar-refractivity contribution in [1.29, 1.82) is 0 Å². The van der Waals surface area contributed by atoms with Gasteiger partial charge in [-0.1, -0.05) is 45.8 Å². The maximum Gasteiger partial charge on any atom is 0.408 e. The molecule has 1 unspecified atom stereocenters. The Morgan fingerprint density at radius 3 is 2.49 bits per heavy atom. The van der Waals surface area contributed by atoms with E-state index in [9.17, 15) is 29.1 Å². The van der Waals surface area contributed by atoms with Gasteiger partial charge in [0.05, 0.1) is 0 Å². The van der Waals surface area contributed by atoms with E-state index in [1.165, 1.54) is 4.90 Å². The molecule has 1 aliphatic heterocycles. The van der Waals surface area contributed by atoms with Crippen LogP contribution in [0.4, 0.5) is 4.79 Å². The number of hydrogen-bond acceptors (Lipinski definition) is 6. The Balaban J connectivity index is 1.50. The van der Waals surface area contributed by atoms with Gasteiger partial charge in [-0.05, 0) is 50.9 Å². The molecule has 206 valence electrons. The first-order chi connectivity index (χ1) is 17.6. The molecular formula is C27H41N3O7. The molecule has 3 aliphatic rings. The maximum atomic E-state index is 13.0. The molecule has 37 heavy (non-hydrogen) atoms. The fourth-order valence-corrected chi connectivity index (χ4v) is 4.91. The highest BCUT2D eigenvalue weighted by Crippen LogP contribution is 2.45. The summed E-state index contributed by atoms with van der Waals surface area (Å²) in [4.78, 5) is 63.9. The first-order valence-electron chi connectivity index (χ1n) is 13.6. The molecule has 3 N–H and O–H groups in total. The molecule has 0 aromatic heterocycles. The highest BCUT2D eigenvalue weighted by Gasteiger charge is 2.61. The Hall–Kier alpha value is -2.91. The van der Waals surface area contributed by atoms with Gasteiger partial charge in [0.15, 0.2) is 11.9 Å². The van der Waals surface area contributed by atoms with E-state index < -0.39 is 41.6 Å². The van der Waals surface area contributed by atoms with Crippen LogP contribution in [0, 0.1) is 17.8 Å². The molecule has 10 heteroatoms. The van der Waals surface area contributed by atoms with E-state index in [1.807, 2.05) is 12.2 Å². The lowest BCUT2D eigenvalue weighted by molar-refractivity contribution is -0.145. The molecule has 1 saturated heterocycles. The molecule has 10 nitrogen and oxygen atoms in total. The minimum Gasteiger partial charge on any atom is -0.479 e. The summed E-state index contributed by atoms with van der Waals surface area (Å²) in [5.74, 6) is -2.63. The van der Waals surface area contributed by atoms with Gasteiger partial charge in [-0.15, -0.1) is 0 Å². The number of hydrogen-bond donors (Lipinski definition) is 3. The molecule has 3 rings (SSSR count). The number of amides is 3. The van der Waals surface area contributed by atoms with Crippen LogP contribution in [0.15, 0.2) is 12.2 Å². The number of carboxylic acids is 1. The van der Waals surface area contributed by atoms with Crippen LogP contribution in [-0.4, -0.2) is 70.4 Å². The van der Waals surface area contributed by atoms with Gasteiger partial charge in [0.25, 0.3) is 0 Å². The number of carboxylic acid groups (broad SMARTS) is 1. The number of nitrogens with one attached hydrogen (secondary N) is 2. The number of carbonyl (C=O) groups is 5. The average Bonchev–Trinajstić information content (AvgIpc) is 3.77. The predicted molar refractivity (Wildman–Crippen MR) is 135 cm³/mol. The van der Waals surface area contributed by atoms with E-state index in [-0.39, 0.29) is 30.1 Å². The molecule has 3 fully saturated rings. The van der Waals surface area contributed by atoms with E-state index in [0.717, 1.165) is 38.5 Å². The molecule has 0 bridgehead atoms. The molecule has 0 radical (unpaired) electrons. The van der Waals surface area contributed by atoms with E-state index in [1.54, 1.807) is 13.8 Å². The van der Waals surface area contributed by atoms with Gasteiger partial charge in [0.2, 0.25) is 11.8 Å². The Bertz CT molecular complexity index is 914. The Kier molecular flexibility index (Phi) is 9.73. The summed E-state index contributed by atoms with van der Waals surface area (Å²) < 4.78 is 5.31. The monoisotopic (exact) mass is 519 g/mol. The van der Waals surface area contributed by atoms with Gasteiger partial charge in [-0.3, -0.25) is 14.4 Å². The van der Waals surface area contributed by atoms with Gasteiger partial charge in [-0.2, -0.15) is 0 Å². The lowest BCUT2D eigenvalue weighted by Gasteiger charge is -2.26. The third-order valence-electron chi connectivity index (χ3n) is 7.44. The van der Waals surface area contributed by atoms with Crippen LogP contribution in [0.5, 0.6) is 0 Å². The van der Waals surface area contributed by atoms with Crippen molar-refractivity contribution in [1.82, 2.24) is 15.5 Å². The normalized spacial score (nSPS) is 25.7. The van der Waals surface area contributed by atoms with Crippen LogP contribution in [-0.2, 0) is 23.9 Å². The summed E-state index contributed by atoms with van der Waals surface area (Å²) in [6, 6.07) is -0.795. The molecule has 0 aromatic rings. The van der Waals surface area contributed by atoms with Crippen LogP contribution in [0.25, 0.3) is 0 Å². The number of nitrogens with zero attached hydrogens (tertiary/aromatic N) is 1. The zero-order valence-electron chi connectivity index (χ0n) is 22.2. The Labute approximate surface area is 218 Å². The van der Waals surface area contributed by atoms with E-state index in [0.29, 0.717) is 25.8 Å².